The number of non-ortho nitro benzene ring substituents is 1. The van der Waals surface area contributed by atoms with Crippen molar-refractivity contribution in [3.63, 3.8) is 0 Å². The number of benzene rings is 1. The van der Waals surface area contributed by atoms with Crippen LogP contribution in [0.3, 0.4) is 0 Å². The molecule has 0 heterocycles. The van der Waals surface area contributed by atoms with E-state index in [4.69, 9.17) is 0 Å². The summed E-state index contributed by atoms with van der Waals surface area (Å²) in [4.78, 5) is 10.6. The summed E-state index contributed by atoms with van der Waals surface area (Å²) in [5, 5.41) is 14.7. The van der Waals surface area contributed by atoms with Gasteiger partial charge in [0.15, 0.2) is 0 Å². The average Bonchev–Trinajstić information content (AvgIpc) is 3.01. The van der Waals surface area contributed by atoms with E-state index >= 15 is 0 Å². The van der Waals surface area contributed by atoms with Crippen LogP contribution in [0.5, 0.6) is 0 Å². The summed E-state index contributed by atoms with van der Waals surface area (Å²) >= 11 is 0. The molecule has 0 bridgehead atoms. The summed E-state index contributed by atoms with van der Waals surface area (Å²) < 4.78 is 0. The van der Waals surface area contributed by atoms with E-state index in [0.29, 0.717) is 6.04 Å². The summed E-state index contributed by atoms with van der Waals surface area (Å²) in [6.07, 6.45) is 7.37. The van der Waals surface area contributed by atoms with Crippen LogP contribution in [0.4, 0.5) is 5.69 Å². The lowest BCUT2D eigenvalue weighted by molar-refractivity contribution is -0.384. The van der Waals surface area contributed by atoms with Gasteiger partial charge in [0.1, 0.15) is 0 Å². The molecule has 1 aromatic carbocycles. The number of nitro benzene ring substituents is 1. The van der Waals surface area contributed by atoms with Gasteiger partial charge in [0.05, 0.1) is 4.92 Å². The highest BCUT2D eigenvalue weighted by molar-refractivity contribution is 5.35. The fraction of sp³-hybridized carbons (Fsp3) is 0.647. The van der Waals surface area contributed by atoms with Gasteiger partial charge in [-0.15, -0.1) is 0 Å². The average molecular weight is 290 g/mol. The van der Waals surface area contributed by atoms with Crippen LogP contribution in [0.25, 0.3) is 0 Å². The third-order valence-electron chi connectivity index (χ3n) is 4.63. The lowest BCUT2D eigenvalue weighted by Crippen LogP contribution is -2.35. The minimum Gasteiger partial charge on any atom is -0.307 e. The summed E-state index contributed by atoms with van der Waals surface area (Å²) in [5.41, 5.74) is 1.22. The monoisotopic (exact) mass is 290 g/mol. The zero-order valence-electron chi connectivity index (χ0n) is 13.0. The molecule has 4 nitrogen and oxygen atoms in total. The fourth-order valence-electron chi connectivity index (χ4n) is 3.40. The first-order valence-electron chi connectivity index (χ1n) is 8.12. The van der Waals surface area contributed by atoms with Crippen LogP contribution < -0.4 is 5.32 Å². The molecule has 0 spiro atoms. The molecule has 1 aromatic rings. The summed E-state index contributed by atoms with van der Waals surface area (Å²) in [6, 6.07) is 7.76. The van der Waals surface area contributed by atoms with Crippen LogP contribution in [0.15, 0.2) is 24.3 Å². The van der Waals surface area contributed by atoms with E-state index in [0.717, 1.165) is 24.3 Å². The third-order valence-corrected chi connectivity index (χ3v) is 4.63. The topological polar surface area (TPSA) is 55.2 Å². The van der Waals surface area contributed by atoms with Gasteiger partial charge in [-0.3, -0.25) is 10.1 Å². The van der Waals surface area contributed by atoms with Crippen molar-refractivity contribution in [1.82, 2.24) is 5.32 Å². The van der Waals surface area contributed by atoms with E-state index in [1.807, 2.05) is 6.07 Å². The summed E-state index contributed by atoms with van der Waals surface area (Å²) in [6.45, 7) is 4.42. The van der Waals surface area contributed by atoms with Crippen LogP contribution in [0.1, 0.15) is 64.0 Å². The standard InChI is InChI=1S/C17H26N2O2/c1-3-7-17(18-13(2)14-8-4-5-9-14)15-10-6-11-16(12-15)19(20)21/h6,10-14,17-18H,3-5,7-9H2,1-2H3/t13-,17?/m1/s1. The van der Waals surface area contributed by atoms with Gasteiger partial charge in [0.25, 0.3) is 5.69 Å². The zero-order chi connectivity index (χ0) is 15.2. The third kappa shape index (κ3) is 4.27. The Balaban J connectivity index is 2.10. The van der Waals surface area contributed by atoms with E-state index in [2.05, 4.69) is 19.2 Å². The number of nitrogens with zero attached hydrogens (tertiary/aromatic N) is 1. The van der Waals surface area contributed by atoms with Crippen molar-refractivity contribution in [3.05, 3.63) is 39.9 Å². The Kier molecular flexibility index (Phi) is 5.74. The molecule has 1 fully saturated rings. The van der Waals surface area contributed by atoms with Crippen LogP contribution >= 0.6 is 0 Å². The minimum atomic E-state index is -0.313. The highest BCUT2D eigenvalue weighted by Crippen LogP contribution is 2.30. The largest absolute Gasteiger partial charge is 0.307 e. The quantitative estimate of drug-likeness (QED) is 0.589. The van der Waals surface area contributed by atoms with Crippen molar-refractivity contribution in [2.75, 3.05) is 0 Å². The number of nitrogens with one attached hydrogen (secondary N) is 1. The smallest absolute Gasteiger partial charge is 0.269 e. The van der Waals surface area contributed by atoms with Gasteiger partial charge in [-0.25, -0.2) is 0 Å². The molecule has 1 N–H and O–H groups in total. The van der Waals surface area contributed by atoms with Gasteiger partial charge in [-0.05, 0) is 37.7 Å². The van der Waals surface area contributed by atoms with Gasteiger partial charge in [-0.1, -0.05) is 38.3 Å². The summed E-state index contributed by atoms with van der Waals surface area (Å²) in [5.74, 6) is 0.753. The Morgan fingerprint density at radius 1 is 1.38 bits per heavy atom. The maximum absolute atomic E-state index is 11.0. The van der Waals surface area contributed by atoms with Gasteiger partial charge in [0.2, 0.25) is 0 Å². The van der Waals surface area contributed by atoms with E-state index in [9.17, 15) is 10.1 Å². The molecule has 0 aliphatic heterocycles. The predicted octanol–water partition coefficient (Wildman–Crippen LogP) is 4.60. The summed E-state index contributed by atoms with van der Waals surface area (Å²) in [7, 11) is 0. The SMILES string of the molecule is CCCC(N[C@H](C)C1CCCC1)c1cccc([N+](=O)[O-])c1. The van der Waals surface area contributed by atoms with Crippen molar-refractivity contribution in [1.29, 1.82) is 0 Å². The van der Waals surface area contributed by atoms with Gasteiger partial charge in [0, 0.05) is 24.2 Å². The van der Waals surface area contributed by atoms with E-state index < -0.39 is 0 Å². The molecule has 0 aromatic heterocycles. The van der Waals surface area contributed by atoms with Crippen molar-refractivity contribution in [3.8, 4) is 0 Å². The molecule has 0 radical (unpaired) electrons. The second-order valence-electron chi connectivity index (χ2n) is 6.19. The highest BCUT2D eigenvalue weighted by Gasteiger charge is 2.24. The predicted molar refractivity (Wildman–Crippen MR) is 85.3 cm³/mol. The lowest BCUT2D eigenvalue weighted by atomic mass is 9.95. The number of hydrogen-bond donors (Lipinski definition) is 1. The molecule has 1 aliphatic rings. The van der Waals surface area contributed by atoms with E-state index in [1.165, 1.54) is 25.7 Å². The Hall–Kier alpha value is -1.42. The molecule has 21 heavy (non-hydrogen) atoms. The molecule has 4 heteroatoms. The molecule has 2 atom stereocenters. The molecule has 1 unspecified atom stereocenters. The van der Waals surface area contributed by atoms with Crippen molar-refractivity contribution in [2.24, 2.45) is 5.92 Å². The second-order valence-corrected chi connectivity index (χ2v) is 6.19. The minimum absolute atomic E-state index is 0.184. The van der Waals surface area contributed by atoms with Crippen LogP contribution in [-0.4, -0.2) is 11.0 Å². The fourth-order valence-corrected chi connectivity index (χ4v) is 3.40. The molecule has 1 aliphatic carbocycles. The van der Waals surface area contributed by atoms with E-state index in [1.54, 1.807) is 18.2 Å². The Morgan fingerprint density at radius 2 is 2.10 bits per heavy atom. The van der Waals surface area contributed by atoms with Crippen LogP contribution in [0, 0.1) is 16.0 Å². The lowest BCUT2D eigenvalue weighted by Gasteiger charge is -2.27. The van der Waals surface area contributed by atoms with Crippen molar-refractivity contribution >= 4 is 5.69 Å². The van der Waals surface area contributed by atoms with E-state index in [-0.39, 0.29) is 16.7 Å². The molecule has 0 saturated heterocycles. The number of hydrogen-bond acceptors (Lipinski definition) is 3. The highest BCUT2D eigenvalue weighted by atomic mass is 16.6. The maximum Gasteiger partial charge on any atom is 0.269 e. The Labute approximate surface area is 127 Å². The normalized spacial score (nSPS) is 18.6. The molecule has 2 rings (SSSR count). The molecule has 0 amide bonds. The van der Waals surface area contributed by atoms with Crippen LogP contribution in [-0.2, 0) is 0 Å². The Bertz CT molecular complexity index is 470. The number of nitro groups is 1. The Morgan fingerprint density at radius 3 is 2.71 bits per heavy atom. The molecular weight excluding hydrogens is 264 g/mol. The second kappa shape index (κ2) is 7.55. The van der Waals surface area contributed by atoms with Crippen LogP contribution in [0.2, 0.25) is 0 Å². The molecule has 116 valence electrons. The van der Waals surface area contributed by atoms with Crippen molar-refractivity contribution < 1.29 is 4.92 Å². The van der Waals surface area contributed by atoms with Crippen molar-refractivity contribution in [2.45, 2.75) is 64.5 Å². The molecular formula is C17H26N2O2. The first kappa shape index (κ1) is 16.0. The van der Waals surface area contributed by atoms with Gasteiger partial charge in [-0.2, -0.15) is 0 Å². The zero-order valence-corrected chi connectivity index (χ0v) is 13.0. The number of rotatable bonds is 7. The maximum atomic E-state index is 11.0. The van der Waals surface area contributed by atoms with Gasteiger partial charge >= 0.3 is 0 Å². The molecule has 1 saturated carbocycles. The first-order chi connectivity index (χ1) is 10.1. The first-order valence-corrected chi connectivity index (χ1v) is 8.12. The van der Waals surface area contributed by atoms with Gasteiger partial charge < -0.3 is 5.32 Å².